The van der Waals surface area contributed by atoms with Crippen LogP contribution in [-0.2, 0) is 0 Å². The van der Waals surface area contributed by atoms with Crippen molar-refractivity contribution >= 4 is 40.0 Å². The third kappa shape index (κ3) is 2.54. The van der Waals surface area contributed by atoms with E-state index in [1.54, 1.807) is 12.4 Å². The molecule has 0 unspecified atom stereocenters. The van der Waals surface area contributed by atoms with Gasteiger partial charge in [-0.2, -0.15) is 5.10 Å². The topological polar surface area (TPSA) is 75.3 Å². The number of pyridine rings is 1. The fraction of sp³-hybridized carbons (Fsp3) is 0.0833. The van der Waals surface area contributed by atoms with E-state index in [-0.39, 0.29) is 5.11 Å². The highest BCUT2D eigenvalue weighted by atomic mass is 32.1. The first kappa shape index (κ1) is 12.3. The number of nitrogens with one attached hydrogen (secondary N) is 2. The first-order valence-electron chi connectivity index (χ1n) is 5.36. The van der Waals surface area contributed by atoms with Gasteiger partial charge in [0, 0.05) is 29.7 Å². The normalized spacial score (nSPS) is 10.7. The monoisotopic (exact) mass is 259 g/mol. The molecule has 0 saturated carbocycles. The molecule has 1 aromatic heterocycles. The zero-order chi connectivity index (χ0) is 13.0. The predicted octanol–water partition coefficient (Wildman–Crippen LogP) is 1.44. The lowest BCUT2D eigenvalue weighted by Gasteiger charge is -2.06. The minimum absolute atomic E-state index is 0.127. The summed E-state index contributed by atoms with van der Waals surface area (Å²) >= 11 is 4.67. The quantitative estimate of drug-likeness (QED) is 0.442. The summed E-state index contributed by atoms with van der Waals surface area (Å²) in [6, 6.07) is 7.93. The Balaban J connectivity index is 2.46. The summed E-state index contributed by atoms with van der Waals surface area (Å²) in [6.45, 7) is 0. The molecule has 1 heterocycles. The number of hydrogen-bond donors (Lipinski definition) is 3. The molecule has 0 atom stereocenters. The summed E-state index contributed by atoms with van der Waals surface area (Å²) in [4.78, 5) is 4.28. The van der Waals surface area contributed by atoms with Gasteiger partial charge in [0.1, 0.15) is 0 Å². The van der Waals surface area contributed by atoms with Crippen molar-refractivity contribution in [1.29, 1.82) is 0 Å². The fourth-order valence-electron chi connectivity index (χ4n) is 1.71. The van der Waals surface area contributed by atoms with Gasteiger partial charge in [0.15, 0.2) is 5.11 Å². The highest BCUT2D eigenvalue weighted by Crippen LogP contribution is 2.23. The highest BCUT2D eigenvalue weighted by molar-refractivity contribution is 7.80. The predicted molar refractivity (Wildman–Crippen MR) is 78.8 cm³/mol. The Morgan fingerprint density at radius 2 is 2.22 bits per heavy atom. The summed E-state index contributed by atoms with van der Waals surface area (Å²) in [6.07, 6.45) is 3.34. The molecule has 1 aromatic carbocycles. The zero-order valence-electron chi connectivity index (χ0n) is 9.84. The Morgan fingerprint density at radius 1 is 1.39 bits per heavy atom. The maximum Gasteiger partial charge on any atom is 0.184 e. The standard InChI is InChI=1S/C12H13N5S/c1-14-10-4-2-3-8-9(10)5-6-15-11(8)7-16-17-12(13)18/h2-7,14H,1H3,(H3,13,17,18)/b16-7+. The average molecular weight is 259 g/mol. The number of nitrogens with zero attached hydrogens (tertiary/aromatic N) is 2. The molecule has 0 radical (unpaired) electrons. The lowest BCUT2D eigenvalue weighted by molar-refractivity contribution is 1.04. The molecule has 0 fully saturated rings. The minimum atomic E-state index is 0.127. The van der Waals surface area contributed by atoms with Crippen molar-refractivity contribution in [2.75, 3.05) is 12.4 Å². The maximum atomic E-state index is 5.29. The van der Waals surface area contributed by atoms with E-state index in [0.717, 1.165) is 22.2 Å². The van der Waals surface area contributed by atoms with E-state index >= 15 is 0 Å². The molecular weight excluding hydrogens is 246 g/mol. The lowest BCUT2D eigenvalue weighted by Crippen LogP contribution is -2.24. The molecule has 5 nitrogen and oxygen atoms in total. The van der Waals surface area contributed by atoms with E-state index in [1.807, 2.05) is 31.3 Å². The number of rotatable bonds is 3. The van der Waals surface area contributed by atoms with Gasteiger partial charge in [-0.15, -0.1) is 0 Å². The van der Waals surface area contributed by atoms with Gasteiger partial charge in [-0.05, 0) is 24.4 Å². The summed E-state index contributed by atoms with van der Waals surface area (Å²) in [5.41, 5.74) is 9.61. The van der Waals surface area contributed by atoms with Crippen LogP contribution >= 0.6 is 12.2 Å². The van der Waals surface area contributed by atoms with Gasteiger partial charge in [0.05, 0.1) is 11.9 Å². The van der Waals surface area contributed by atoms with Crippen LogP contribution in [0.5, 0.6) is 0 Å². The average Bonchev–Trinajstić information content (AvgIpc) is 2.38. The van der Waals surface area contributed by atoms with Gasteiger partial charge < -0.3 is 11.1 Å². The number of hydrazone groups is 1. The van der Waals surface area contributed by atoms with Crippen molar-refractivity contribution in [3.8, 4) is 0 Å². The third-order valence-electron chi connectivity index (χ3n) is 2.47. The van der Waals surface area contributed by atoms with Crippen LogP contribution in [0.2, 0.25) is 0 Å². The molecule has 4 N–H and O–H groups in total. The summed E-state index contributed by atoms with van der Waals surface area (Å²) < 4.78 is 0. The molecule has 0 bridgehead atoms. The van der Waals surface area contributed by atoms with E-state index in [4.69, 9.17) is 5.73 Å². The highest BCUT2D eigenvalue weighted by Gasteiger charge is 2.03. The number of fused-ring (bicyclic) bond motifs is 1. The van der Waals surface area contributed by atoms with Crippen molar-refractivity contribution in [2.24, 2.45) is 10.8 Å². The Morgan fingerprint density at radius 3 is 2.94 bits per heavy atom. The van der Waals surface area contributed by atoms with Crippen LogP contribution in [0.15, 0.2) is 35.6 Å². The van der Waals surface area contributed by atoms with Crippen molar-refractivity contribution in [1.82, 2.24) is 10.4 Å². The van der Waals surface area contributed by atoms with Crippen LogP contribution in [0.3, 0.4) is 0 Å². The number of nitrogens with two attached hydrogens (primary N) is 1. The van der Waals surface area contributed by atoms with Crippen LogP contribution in [0.25, 0.3) is 10.8 Å². The molecule has 0 aliphatic rings. The first-order valence-corrected chi connectivity index (χ1v) is 5.77. The van der Waals surface area contributed by atoms with Crippen LogP contribution in [0, 0.1) is 0 Å². The minimum Gasteiger partial charge on any atom is -0.388 e. The molecule has 2 aromatic rings. The van der Waals surface area contributed by atoms with E-state index < -0.39 is 0 Å². The molecular formula is C12H13N5S. The molecule has 0 saturated heterocycles. The number of aromatic nitrogens is 1. The second-order valence-corrected chi connectivity index (χ2v) is 4.02. The molecule has 2 rings (SSSR count). The Bertz CT molecular complexity index is 608. The van der Waals surface area contributed by atoms with Crippen molar-refractivity contribution in [2.45, 2.75) is 0 Å². The second kappa shape index (κ2) is 5.42. The Kier molecular flexibility index (Phi) is 3.69. The number of hydrogen-bond acceptors (Lipinski definition) is 4. The molecule has 0 spiro atoms. The van der Waals surface area contributed by atoms with E-state index in [2.05, 4.69) is 33.0 Å². The van der Waals surface area contributed by atoms with Gasteiger partial charge in [-0.3, -0.25) is 10.4 Å². The van der Waals surface area contributed by atoms with Crippen LogP contribution in [0.4, 0.5) is 5.69 Å². The SMILES string of the molecule is CNc1cccc2c(/C=N/NC(N)=S)nccc12. The smallest absolute Gasteiger partial charge is 0.184 e. The maximum absolute atomic E-state index is 5.29. The second-order valence-electron chi connectivity index (χ2n) is 3.58. The number of benzene rings is 1. The lowest BCUT2D eigenvalue weighted by atomic mass is 10.1. The van der Waals surface area contributed by atoms with Crippen molar-refractivity contribution in [3.63, 3.8) is 0 Å². The summed E-state index contributed by atoms with van der Waals surface area (Å²) in [5, 5.41) is 9.29. The fourth-order valence-corrected chi connectivity index (χ4v) is 1.76. The number of thiocarbonyl (C=S) groups is 1. The van der Waals surface area contributed by atoms with Gasteiger partial charge in [0.2, 0.25) is 0 Å². The molecule has 92 valence electrons. The van der Waals surface area contributed by atoms with Crippen LogP contribution in [0.1, 0.15) is 5.69 Å². The van der Waals surface area contributed by atoms with E-state index in [0.29, 0.717) is 0 Å². The third-order valence-corrected chi connectivity index (χ3v) is 2.56. The van der Waals surface area contributed by atoms with Crippen LogP contribution in [-0.4, -0.2) is 23.4 Å². The van der Waals surface area contributed by atoms with Gasteiger partial charge in [-0.1, -0.05) is 12.1 Å². The van der Waals surface area contributed by atoms with Crippen LogP contribution < -0.4 is 16.5 Å². The molecule has 18 heavy (non-hydrogen) atoms. The van der Waals surface area contributed by atoms with Gasteiger partial charge in [0.25, 0.3) is 0 Å². The Hall–Kier alpha value is -2.21. The molecule has 0 aliphatic carbocycles. The van der Waals surface area contributed by atoms with Crippen molar-refractivity contribution in [3.05, 3.63) is 36.2 Å². The largest absolute Gasteiger partial charge is 0.388 e. The van der Waals surface area contributed by atoms with Gasteiger partial charge in [-0.25, -0.2) is 0 Å². The van der Waals surface area contributed by atoms with Gasteiger partial charge >= 0.3 is 0 Å². The molecule has 0 aliphatic heterocycles. The van der Waals surface area contributed by atoms with E-state index in [9.17, 15) is 0 Å². The number of anilines is 1. The molecule has 0 amide bonds. The summed E-state index contributed by atoms with van der Waals surface area (Å²) in [5.74, 6) is 0. The van der Waals surface area contributed by atoms with Crippen molar-refractivity contribution < 1.29 is 0 Å². The first-order chi connectivity index (χ1) is 8.72. The summed E-state index contributed by atoms with van der Waals surface area (Å²) in [7, 11) is 1.89. The van der Waals surface area contributed by atoms with E-state index in [1.165, 1.54) is 0 Å². The molecule has 6 heteroatoms. The zero-order valence-corrected chi connectivity index (χ0v) is 10.7. The Labute approximate surface area is 110 Å².